The van der Waals surface area contributed by atoms with E-state index in [0.29, 0.717) is 33.7 Å². The fourth-order valence-corrected chi connectivity index (χ4v) is 3.13. The van der Waals surface area contributed by atoms with Gasteiger partial charge in [-0.2, -0.15) is 0 Å². The fraction of sp³-hybridized carbons (Fsp3) is 0.158. The molecule has 2 heterocycles. The largest absolute Gasteiger partial charge is 0.493 e. The first-order valence-corrected chi connectivity index (χ1v) is 8.31. The third kappa shape index (κ3) is 2.59. The minimum Gasteiger partial charge on any atom is -0.493 e. The summed E-state index contributed by atoms with van der Waals surface area (Å²) in [4.78, 5) is 8.89. The molecule has 26 heavy (non-hydrogen) atoms. The summed E-state index contributed by atoms with van der Waals surface area (Å²) in [5.41, 5.74) is 3.17. The van der Waals surface area contributed by atoms with Crippen molar-refractivity contribution in [1.29, 1.82) is 0 Å². The number of halogens is 1. The van der Waals surface area contributed by atoms with Gasteiger partial charge in [0.05, 0.1) is 42.8 Å². The molecule has 7 heteroatoms. The Morgan fingerprint density at radius 2 is 1.81 bits per heavy atom. The number of para-hydroxylation sites is 1. The summed E-state index contributed by atoms with van der Waals surface area (Å²) in [5, 5.41) is 0.525. The molecule has 0 aliphatic rings. The molecule has 2 aromatic heterocycles. The van der Waals surface area contributed by atoms with Gasteiger partial charge in [-0.05, 0) is 18.6 Å². The molecule has 0 atom stereocenters. The number of fused-ring (bicyclic) bond motifs is 3. The smallest absolute Gasteiger partial charge is 0.246 e. The molecule has 0 N–H and O–H groups in total. The number of ether oxygens (including phenoxy) is 3. The third-order valence-electron chi connectivity index (χ3n) is 4.18. The zero-order valence-corrected chi connectivity index (χ0v) is 15.2. The summed E-state index contributed by atoms with van der Waals surface area (Å²) in [6.07, 6.45) is 3.41. The van der Waals surface area contributed by atoms with Crippen molar-refractivity contribution < 1.29 is 14.2 Å². The second-order valence-corrected chi connectivity index (χ2v) is 6.16. The summed E-state index contributed by atoms with van der Waals surface area (Å²) in [6, 6.07) is 9.26. The van der Waals surface area contributed by atoms with Crippen molar-refractivity contribution in [2.45, 2.75) is 6.92 Å². The van der Waals surface area contributed by atoms with E-state index in [2.05, 4.69) is 9.97 Å². The van der Waals surface area contributed by atoms with Crippen molar-refractivity contribution in [3.8, 4) is 23.1 Å². The fourth-order valence-electron chi connectivity index (χ4n) is 2.87. The van der Waals surface area contributed by atoms with Gasteiger partial charge in [0.15, 0.2) is 17.2 Å². The zero-order chi connectivity index (χ0) is 18.3. The van der Waals surface area contributed by atoms with Crippen molar-refractivity contribution in [1.82, 2.24) is 14.4 Å². The van der Waals surface area contributed by atoms with Gasteiger partial charge in [0, 0.05) is 12.1 Å². The normalized spacial score (nSPS) is 11.1. The van der Waals surface area contributed by atoms with Crippen LogP contribution in [0.1, 0.15) is 5.56 Å². The molecule has 0 aliphatic carbocycles. The topological polar surface area (TPSA) is 57.9 Å². The Morgan fingerprint density at radius 3 is 2.54 bits per heavy atom. The van der Waals surface area contributed by atoms with Crippen molar-refractivity contribution in [2.75, 3.05) is 14.2 Å². The summed E-state index contributed by atoms with van der Waals surface area (Å²) < 4.78 is 18.7. The monoisotopic (exact) mass is 369 g/mol. The van der Waals surface area contributed by atoms with E-state index in [1.54, 1.807) is 38.9 Å². The number of hydrogen-bond donors (Lipinski definition) is 0. The number of aromatic nitrogens is 3. The minimum atomic E-state index is 0.415. The molecule has 0 saturated heterocycles. The summed E-state index contributed by atoms with van der Waals surface area (Å²) in [6.45, 7) is 1.93. The molecule has 0 unspecified atom stereocenters. The number of imidazole rings is 1. The van der Waals surface area contributed by atoms with Crippen LogP contribution < -0.4 is 14.2 Å². The lowest BCUT2D eigenvalue weighted by molar-refractivity contribution is 0.355. The van der Waals surface area contributed by atoms with Gasteiger partial charge < -0.3 is 14.2 Å². The van der Waals surface area contributed by atoms with E-state index in [0.717, 1.165) is 16.6 Å². The molecule has 0 amide bonds. The Labute approximate surface area is 154 Å². The van der Waals surface area contributed by atoms with Crippen LogP contribution in [-0.4, -0.2) is 28.6 Å². The lowest BCUT2D eigenvalue weighted by atomic mass is 10.2. The minimum absolute atomic E-state index is 0.415. The molecule has 0 aliphatic heterocycles. The molecule has 0 bridgehead atoms. The second-order valence-electron chi connectivity index (χ2n) is 5.75. The van der Waals surface area contributed by atoms with Crippen LogP contribution in [0.3, 0.4) is 0 Å². The maximum absolute atomic E-state index is 6.30. The van der Waals surface area contributed by atoms with Crippen LogP contribution in [0.4, 0.5) is 0 Å². The first-order valence-electron chi connectivity index (χ1n) is 7.93. The van der Waals surface area contributed by atoms with E-state index in [9.17, 15) is 0 Å². The maximum atomic E-state index is 6.30. The molecule has 0 saturated carbocycles. The van der Waals surface area contributed by atoms with Crippen LogP contribution in [0.25, 0.3) is 16.6 Å². The lowest BCUT2D eigenvalue weighted by Gasteiger charge is -2.14. The highest BCUT2D eigenvalue weighted by Gasteiger charge is 2.16. The first-order chi connectivity index (χ1) is 12.6. The predicted octanol–water partition coefficient (Wildman–Crippen LogP) is 4.65. The lowest BCUT2D eigenvalue weighted by Crippen LogP contribution is -1.99. The molecule has 4 rings (SSSR count). The van der Waals surface area contributed by atoms with Crippen molar-refractivity contribution in [2.24, 2.45) is 0 Å². The highest BCUT2D eigenvalue weighted by molar-refractivity contribution is 6.32. The highest BCUT2D eigenvalue weighted by Crippen LogP contribution is 2.37. The summed E-state index contributed by atoms with van der Waals surface area (Å²) in [5.74, 6) is 2.20. The van der Waals surface area contributed by atoms with Gasteiger partial charge in [-0.25, -0.2) is 9.97 Å². The van der Waals surface area contributed by atoms with Crippen LogP contribution in [0.2, 0.25) is 5.02 Å². The summed E-state index contributed by atoms with van der Waals surface area (Å²) in [7, 11) is 3.18. The van der Waals surface area contributed by atoms with Gasteiger partial charge in [0.25, 0.3) is 0 Å². The summed E-state index contributed by atoms with van der Waals surface area (Å²) >= 11 is 6.30. The van der Waals surface area contributed by atoms with Crippen molar-refractivity contribution in [3.63, 3.8) is 0 Å². The molecule has 0 fully saturated rings. The van der Waals surface area contributed by atoms with Crippen molar-refractivity contribution in [3.05, 3.63) is 53.4 Å². The van der Waals surface area contributed by atoms with E-state index in [1.165, 1.54) is 0 Å². The van der Waals surface area contributed by atoms with Gasteiger partial charge in [0.1, 0.15) is 5.52 Å². The van der Waals surface area contributed by atoms with E-state index < -0.39 is 0 Å². The van der Waals surface area contributed by atoms with E-state index >= 15 is 0 Å². The Morgan fingerprint density at radius 1 is 1.04 bits per heavy atom. The number of benzene rings is 2. The number of hydrogen-bond acceptors (Lipinski definition) is 5. The Balaban J connectivity index is 1.96. The van der Waals surface area contributed by atoms with Crippen molar-refractivity contribution >= 4 is 28.2 Å². The van der Waals surface area contributed by atoms with Gasteiger partial charge in [-0.1, -0.05) is 23.7 Å². The molecule has 4 aromatic rings. The first kappa shape index (κ1) is 16.5. The average Bonchev–Trinajstić information content (AvgIpc) is 3.14. The third-order valence-corrected chi connectivity index (χ3v) is 4.48. The van der Waals surface area contributed by atoms with Crippen LogP contribution >= 0.6 is 11.6 Å². The van der Waals surface area contributed by atoms with Gasteiger partial charge in [-0.15, -0.1) is 0 Å². The van der Waals surface area contributed by atoms with Crippen LogP contribution in [0, 0.1) is 6.92 Å². The molecule has 132 valence electrons. The molecule has 6 nitrogen and oxygen atoms in total. The van der Waals surface area contributed by atoms with Gasteiger partial charge in [0.2, 0.25) is 5.88 Å². The second kappa shape index (κ2) is 6.38. The number of methoxy groups -OCH3 is 2. The number of aryl methyl sites for hydroxylation is 1. The Kier molecular flexibility index (Phi) is 4.05. The Hall–Kier alpha value is -2.99. The molecule has 0 spiro atoms. The molecular formula is C19H16ClN3O3. The van der Waals surface area contributed by atoms with E-state index in [-0.39, 0.29) is 0 Å². The van der Waals surface area contributed by atoms with E-state index in [4.69, 9.17) is 25.8 Å². The number of rotatable bonds is 4. The highest BCUT2D eigenvalue weighted by atomic mass is 35.5. The standard InChI is InChI=1S/C19H16ClN3O3/c1-11-5-4-6-12(20)18(11)26-19-15-9-21-10-23(15)14-8-17(25-3)16(24-2)7-13(14)22-19/h4-10H,1-3H3. The molecular weight excluding hydrogens is 354 g/mol. The maximum Gasteiger partial charge on any atom is 0.246 e. The molecule has 2 aromatic carbocycles. The predicted molar refractivity (Wildman–Crippen MR) is 99.9 cm³/mol. The van der Waals surface area contributed by atoms with E-state index in [1.807, 2.05) is 29.5 Å². The quantitative estimate of drug-likeness (QED) is 0.524. The zero-order valence-electron chi connectivity index (χ0n) is 14.5. The van der Waals surface area contributed by atoms with Gasteiger partial charge >= 0.3 is 0 Å². The average molecular weight is 370 g/mol. The SMILES string of the molecule is COc1cc2nc(Oc3c(C)cccc3Cl)c3cncn3c2cc1OC. The van der Waals surface area contributed by atoms with Crippen LogP contribution in [0.5, 0.6) is 23.1 Å². The van der Waals surface area contributed by atoms with Crippen LogP contribution in [0.15, 0.2) is 42.9 Å². The number of nitrogens with zero attached hydrogens (tertiary/aromatic N) is 3. The van der Waals surface area contributed by atoms with Gasteiger partial charge in [-0.3, -0.25) is 4.40 Å². The molecule has 0 radical (unpaired) electrons. The Bertz CT molecular complexity index is 1100. The van der Waals surface area contributed by atoms with Crippen LogP contribution in [-0.2, 0) is 0 Å².